The lowest BCUT2D eigenvalue weighted by Gasteiger charge is -2.18. The summed E-state index contributed by atoms with van der Waals surface area (Å²) in [7, 11) is 0. The summed E-state index contributed by atoms with van der Waals surface area (Å²) in [6, 6.07) is 20.4. The molecule has 1 aliphatic carbocycles. The number of hydrogen-bond acceptors (Lipinski definition) is 2. The first-order valence-electron chi connectivity index (χ1n) is 10.3. The molecule has 2 nitrogen and oxygen atoms in total. The molecule has 0 radical (unpaired) electrons. The summed E-state index contributed by atoms with van der Waals surface area (Å²) in [4.78, 5) is 24.9. The van der Waals surface area contributed by atoms with Gasteiger partial charge in [0.15, 0.2) is 0 Å². The fraction of sp³-hybridized carbons (Fsp3) is 0.440. The Balaban J connectivity index is 1.41. The molecule has 2 aromatic rings. The summed E-state index contributed by atoms with van der Waals surface area (Å²) in [5, 5.41) is 0. The molecule has 0 amide bonds. The van der Waals surface area contributed by atoms with Crippen molar-refractivity contribution in [3.05, 3.63) is 71.8 Å². The van der Waals surface area contributed by atoms with Gasteiger partial charge in [-0.3, -0.25) is 9.59 Å². The number of benzene rings is 2. The van der Waals surface area contributed by atoms with Crippen LogP contribution in [0.25, 0.3) is 0 Å². The molecule has 2 heteroatoms. The average Bonchev–Trinajstić information content (AvgIpc) is 3.13. The van der Waals surface area contributed by atoms with Crippen LogP contribution >= 0.6 is 0 Å². The summed E-state index contributed by atoms with van der Waals surface area (Å²) < 4.78 is 0. The zero-order valence-corrected chi connectivity index (χ0v) is 16.1. The summed E-state index contributed by atoms with van der Waals surface area (Å²) >= 11 is 0. The van der Waals surface area contributed by atoms with Gasteiger partial charge in [-0.05, 0) is 48.6 Å². The van der Waals surface area contributed by atoms with E-state index in [1.54, 1.807) is 0 Å². The van der Waals surface area contributed by atoms with Gasteiger partial charge in [0.25, 0.3) is 0 Å². The van der Waals surface area contributed by atoms with E-state index in [0.29, 0.717) is 49.1 Å². The third-order valence-corrected chi connectivity index (χ3v) is 5.87. The van der Waals surface area contributed by atoms with E-state index in [4.69, 9.17) is 0 Å². The Morgan fingerprint density at radius 1 is 0.667 bits per heavy atom. The highest BCUT2D eigenvalue weighted by molar-refractivity contribution is 5.80. The molecule has 2 aromatic carbocycles. The molecule has 0 heterocycles. The molecule has 0 unspecified atom stereocenters. The number of rotatable bonds is 10. The van der Waals surface area contributed by atoms with Gasteiger partial charge in [0.1, 0.15) is 11.6 Å². The van der Waals surface area contributed by atoms with Gasteiger partial charge in [-0.2, -0.15) is 0 Å². The third kappa shape index (κ3) is 6.46. The van der Waals surface area contributed by atoms with Crippen LogP contribution in [-0.2, 0) is 22.4 Å². The molecule has 0 aliphatic heterocycles. The second-order valence-corrected chi connectivity index (χ2v) is 7.91. The highest BCUT2D eigenvalue weighted by atomic mass is 16.1. The van der Waals surface area contributed by atoms with E-state index in [2.05, 4.69) is 24.3 Å². The lowest BCUT2D eigenvalue weighted by molar-refractivity contribution is -0.122. The van der Waals surface area contributed by atoms with Gasteiger partial charge in [-0.1, -0.05) is 67.1 Å². The molecular weight excluding hydrogens is 332 g/mol. The normalized spacial score (nSPS) is 19.1. The maximum Gasteiger partial charge on any atom is 0.133 e. The Kier molecular flexibility index (Phi) is 7.38. The standard InChI is InChI=1S/C25H30O2/c26-24(16-14-20-8-3-1-4-9-20)18-22-12-7-13-23(22)19-25(27)17-15-21-10-5-2-6-11-21/h1-6,8-11,22-23H,7,12-19H2/t22-,23-/m0/s1. The van der Waals surface area contributed by atoms with Crippen LogP contribution in [0.3, 0.4) is 0 Å². The lowest BCUT2D eigenvalue weighted by atomic mass is 9.85. The van der Waals surface area contributed by atoms with Crippen LogP contribution in [0.2, 0.25) is 0 Å². The van der Waals surface area contributed by atoms with Crippen molar-refractivity contribution in [3.8, 4) is 0 Å². The number of carbonyl (C=O) groups is 2. The highest BCUT2D eigenvalue weighted by Crippen LogP contribution is 2.37. The molecular formula is C25H30O2. The molecule has 0 N–H and O–H groups in total. The number of carbonyl (C=O) groups excluding carboxylic acids is 2. The van der Waals surface area contributed by atoms with E-state index in [9.17, 15) is 9.59 Å². The van der Waals surface area contributed by atoms with Crippen molar-refractivity contribution >= 4 is 11.6 Å². The Morgan fingerprint density at radius 2 is 1.07 bits per heavy atom. The van der Waals surface area contributed by atoms with Crippen molar-refractivity contribution in [2.75, 3.05) is 0 Å². The average molecular weight is 363 g/mol. The SMILES string of the molecule is O=C(CCc1ccccc1)C[C@@H]1CCC[C@H]1CC(=O)CCc1ccccc1. The fourth-order valence-corrected chi connectivity index (χ4v) is 4.30. The van der Waals surface area contributed by atoms with E-state index in [1.807, 2.05) is 36.4 Å². The van der Waals surface area contributed by atoms with Gasteiger partial charge in [-0.25, -0.2) is 0 Å². The first-order chi connectivity index (χ1) is 13.2. The Labute approximate surface area is 163 Å². The molecule has 27 heavy (non-hydrogen) atoms. The minimum absolute atomic E-state index is 0.354. The number of ketones is 2. The number of aryl methyl sites for hydroxylation is 2. The van der Waals surface area contributed by atoms with Gasteiger partial charge < -0.3 is 0 Å². The molecule has 0 spiro atoms. The highest BCUT2D eigenvalue weighted by Gasteiger charge is 2.30. The monoisotopic (exact) mass is 362 g/mol. The smallest absolute Gasteiger partial charge is 0.133 e. The maximum absolute atomic E-state index is 12.4. The summed E-state index contributed by atoms with van der Waals surface area (Å²) in [5.41, 5.74) is 2.45. The van der Waals surface area contributed by atoms with Crippen LogP contribution in [0, 0.1) is 11.8 Å². The van der Waals surface area contributed by atoms with Gasteiger partial charge in [0.2, 0.25) is 0 Å². The second-order valence-electron chi connectivity index (χ2n) is 7.91. The maximum atomic E-state index is 12.4. The number of hydrogen-bond donors (Lipinski definition) is 0. The summed E-state index contributed by atoms with van der Waals surface area (Å²) in [5.74, 6) is 1.53. The number of Topliss-reactive ketones (excluding diaryl/α,β-unsaturated/α-hetero) is 2. The van der Waals surface area contributed by atoms with Crippen LogP contribution in [0.5, 0.6) is 0 Å². The lowest BCUT2D eigenvalue weighted by Crippen LogP contribution is -2.17. The molecule has 1 saturated carbocycles. The Hall–Kier alpha value is -2.22. The zero-order chi connectivity index (χ0) is 18.9. The quantitative estimate of drug-likeness (QED) is 0.552. The van der Waals surface area contributed by atoms with Gasteiger partial charge in [0, 0.05) is 25.7 Å². The van der Waals surface area contributed by atoms with E-state index >= 15 is 0 Å². The minimum Gasteiger partial charge on any atom is -0.300 e. The second kappa shape index (κ2) is 10.2. The van der Waals surface area contributed by atoms with Crippen LogP contribution < -0.4 is 0 Å². The van der Waals surface area contributed by atoms with Gasteiger partial charge in [-0.15, -0.1) is 0 Å². The third-order valence-electron chi connectivity index (χ3n) is 5.87. The van der Waals surface area contributed by atoms with Crippen molar-refractivity contribution in [1.82, 2.24) is 0 Å². The molecule has 1 fully saturated rings. The summed E-state index contributed by atoms with van der Waals surface area (Å²) in [6.45, 7) is 0. The van der Waals surface area contributed by atoms with Crippen LogP contribution in [0.15, 0.2) is 60.7 Å². The molecule has 0 bridgehead atoms. The zero-order valence-electron chi connectivity index (χ0n) is 16.1. The van der Waals surface area contributed by atoms with E-state index < -0.39 is 0 Å². The predicted octanol–water partition coefficient (Wildman–Crippen LogP) is 5.59. The molecule has 3 rings (SSSR count). The fourth-order valence-electron chi connectivity index (χ4n) is 4.30. The first-order valence-corrected chi connectivity index (χ1v) is 10.3. The minimum atomic E-state index is 0.354. The van der Waals surface area contributed by atoms with Crippen LogP contribution in [0.4, 0.5) is 0 Å². The molecule has 2 atom stereocenters. The molecule has 0 saturated heterocycles. The Morgan fingerprint density at radius 3 is 1.48 bits per heavy atom. The van der Waals surface area contributed by atoms with E-state index in [1.165, 1.54) is 11.1 Å². The van der Waals surface area contributed by atoms with Crippen molar-refractivity contribution in [1.29, 1.82) is 0 Å². The first kappa shape index (κ1) is 19.5. The van der Waals surface area contributed by atoms with E-state index in [0.717, 1.165) is 32.1 Å². The van der Waals surface area contributed by atoms with Gasteiger partial charge >= 0.3 is 0 Å². The van der Waals surface area contributed by atoms with Crippen LogP contribution in [0.1, 0.15) is 56.1 Å². The van der Waals surface area contributed by atoms with Crippen molar-refractivity contribution in [2.24, 2.45) is 11.8 Å². The predicted molar refractivity (Wildman–Crippen MR) is 110 cm³/mol. The van der Waals surface area contributed by atoms with Gasteiger partial charge in [0.05, 0.1) is 0 Å². The van der Waals surface area contributed by atoms with Crippen molar-refractivity contribution in [2.45, 2.75) is 57.8 Å². The summed E-state index contributed by atoms with van der Waals surface area (Å²) in [6.07, 6.45) is 7.58. The molecule has 0 aromatic heterocycles. The van der Waals surface area contributed by atoms with E-state index in [-0.39, 0.29) is 0 Å². The van der Waals surface area contributed by atoms with Crippen LogP contribution in [-0.4, -0.2) is 11.6 Å². The topological polar surface area (TPSA) is 34.1 Å². The van der Waals surface area contributed by atoms with Crippen molar-refractivity contribution < 1.29 is 9.59 Å². The van der Waals surface area contributed by atoms with Crippen molar-refractivity contribution in [3.63, 3.8) is 0 Å². The Bertz CT molecular complexity index is 657. The molecule has 1 aliphatic rings. The largest absolute Gasteiger partial charge is 0.300 e. The molecule has 142 valence electrons.